The molecule has 0 aliphatic carbocycles. The Morgan fingerprint density at radius 3 is 2.25 bits per heavy atom. The molecule has 0 unspecified atom stereocenters. The molecule has 0 radical (unpaired) electrons. The van der Waals surface area contributed by atoms with Crippen molar-refractivity contribution in [1.82, 2.24) is 0 Å². The van der Waals surface area contributed by atoms with Crippen LogP contribution < -0.4 is 10.1 Å². The molecule has 2 rings (SSSR count). The molecular formula is C16H12F3NO4. The van der Waals surface area contributed by atoms with E-state index in [1.54, 1.807) is 6.07 Å². The van der Waals surface area contributed by atoms with Crippen LogP contribution in [-0.2, 0) is 11.0 Å². The summed E-state index contributed by atoms with van der Waals surface area (Å²) in [6.07, 6.45) is -4.45. The molecule has 2 aromatic rings. The fraction of sp³-hybridized carbons (Fsp3) is 0.125. The monoisotopic (exact) mass is 339 g/mol. The van der Waals surface area contributed by atoms with Gasteiger partial charge in [0.1, 0.15) is 5.75 Å². The Balaban J connectivity index is 1.96. The molecule has 0 bridgehead atoms. The normalized spacial score (nSPS) is 11.0. The van der Waals surface area contributed by atoms with E-state index in [0.717, 1.165) is 24.3 Å². The van der Waals surface area contributed by atoms with Gasteiger partial charge in [0.15, 0.2) is 6.61 Å². The van der Waals surface area contributed by atoms with Gasteiger partial charge in [0.2, 0.25) is 0 Å². The average molecular weight is 339 g/mol. The van der Waals surface area contributed by atoms with Gasteiger partial charge in [0.05, 0.1) is 16.8 Å². The highest BCUT2D eigenvalue weighted by molar-refractivity contribution is 6.00. The summed E-state index contributed by atoms with van der Waals surface area (Å²) >= 11 is 0. The summed E-state index contributed by atoms with van der Waals surface area (Å²) in [6.45, 7) is -0.473. The van der Waals surface area contributed by atoms with E-state index in [-0.39, 0.29) is 17.0 Å². The maximum Gasteiger partial charge on any atom is 0.416 e. The largest absolute Gasteiger partial charge is 0.484 e. The third kappa shape index (κ3) is 4.48. The Kier molecular flexibility index (Phi) is 5.08. The number of carboxylic acid groups (broad SMARTS) is 1. The highest BCUT2D eigenvalue weighted by Crippen LogP contribution is 2.30. The van der Waals surface area contributed by atoms with Crippen molar-refractivity contribution in [3.8, 4) is 5.75 Å². The number of rotatable bonds is 5. The topological polar surface area (TPSA) is 75.6 Å². The van der Waals surface area contributed by atoms with E-state index in [4.69, 9.17) is 9.84 Å². The number of hydrogen-bond acceptors (Lipinski definition) is 3. The van der Waals surface area contributed by atoms with Crippen LogP contribution in [0.2, 0.25) is 0 Å². The second-order valence-corrected chi connectivity index (χ2v) is 4.71. The summed E-state index contributed by atoms with van der Waals surface area (Å²) in [7, 11) is 0. The Hall–Kier alpha value is -3.03. The summed E-state index contributed by atoms with van der Waals surface area (Å²) in [5, 5.41) is 11.4. The summed E-state index contributed by atoms with van der Waals surface area (Å²) < 4.78 is 42.4. The molecule has 24 heavy (non-hydrogen) atoms. The van der Waals surface area contributed by atoms with Gasteiger partial charge in [0, 0.05) is 0 Å². The molecule has 0 saturated carbocycles. The van der Waals surface area contributed by atoms with Gasteiger partial charge in [-0.1, -0.05) is 12.1 Å². The zero-order valence-corrected chi connectivity index (χ0v) is 12.1. The minimum Gasteiger partial charge on any atom is -0.484 e. The van der Waals surface area contributed by atoms with Crippen LogP contribution in [0.5, 0.6) is 5.75 Å². The fourth-order valence-corrected chi connectivity index (χ4v) is 1.85. The van der Waals surface area contributed by atoms with Crippen molar-refractivity contribution in [3.05, 3.63) is 59.7 Å². The number of carbonyl (C=O) groups is 2. The van der Waals surface area contributed by atoms with E-state index < -0.39 is 30.2 Å². The highest BCUT2D eigenvalue weighted by Gasteiger charge is 2.30. The lowest BCUT2D eigenvalue weighted by Gasteiger charge is -2.10. The molecule has 0 aliphatic heterocycles. The number of amides is 1. The SMILES string of the molecule is O=C(COc1ccc(C(F)(F)F)cc1)Nc1ccccc1C(=O)O. The lowest BCUT2D eigenvalue weighted by atomic mass is 10.2. The molecule has 126 valence electrons. The van der Waals surface area contributed by atoms with Crippen molar-refractivity contribution in [3.63, 3.8) is 0 Å². The lowest BCUT2D eigenvalue weighted by molar-refractivity contribution is -0.137. The van der Waals surface area contributed by atoms with Crippen LogP contribution in [0.1, 0.15) is 15.9 Å². The maximum atomic E-state index is 12.4. The third-order valence-electron chi connectivity index (χ3n) is 2.98. The fourth-order valence-electron chi connectivity index (χ4n) is 1.85. The summed E-state index contributed by atoms with van der Waals surface area (Å²) in [5.74, 6) is -1.75. The molecule has 0 aromatic heterocycles. The van der Waals surface area contributed by atoms with Gasteiger partial charge >= 0.3 is 12.1 Å². The van der Waals surface area contributed by atoms with Crippen molar-refractivity contribution >= 4 is 17.6 Å². The number of ether oxygens (including phenoxy) is 1. The third-order valence-corrected chi connectivity index (χ3v) is 2.98. The Morgan fingerprint density at radius 1 is 1.04 bits per heavy atom. The van der Waals surface area contributed by atoms with Gasteiger partial charge in [-0.05, 0) is 36.4 Å². The van der Waals surface area contributed by atoms with Crippen molar-refractivity contribution in [1.29, 1.82) is 0 Å². The first kappa shape index (κ1) is 17.3. The molecule has 2 aromatic carbocycles. The second-order valence-electron chi connectivity index (χ2n) is 4.71. The van der Waals surface area contributed by atoms with E-state index in [2.05, 4.69) is 5.32 Å². The van der Waals surface area contributed by atoms with Gasteiger partial charge in [0.25, 0.3) is 5.91 Å². The minimum absolute atomic E-state index is 0.0830. The lowest BCUT2D eigenvalue weighted by Crippen LogP contribution is -2.21. The molecule has 8 heteroatoms. The van der Waals surface area contributed by atoms with Crippen LogP contribution >= 0.6 is 0 Å². The van der Waals surface area contributed by atoms with Crippen molar-refractivity contribution in [2.75, 3.05) is 11.9 Å². The molecule has 1 amide bonds. The van der Waals surface area contributed by atoms with Gasteiger partial charge in [-0.2, -0.15) is 13.2 Å². The summed E-state index contributed by atoms with van der Waals surface area (Å²) in [6, 6.07) is 9.69. The number of anilines is 1. The average Bonchev–Trinajstić information content (AvgIpc) is 2.53. The zero-order valence-electron chi connectivity index (χ0n) is 12.1. The van der Waals surface area contributed by atoms with Crippen LogP contribution in [0, 0.1) is 0 Å². The number of halogens is 3. The molecule has 0 aliphatic rings. The van der Waals surface area contributed by atoms with E-state index in [1.807, 2.05) is 0 Å². The first-order chi connectivity index (χ1) is 11.3. The molecule has 5 nitrogen and oxygen atoms in total. The zero-order chi connectivity index (χ0) is 17.7. The number of para-hydroxylation sites is 1. The Bertz CT molecular complexity index is 742. The molecular weight excluding hydrogens is 327 g/mol. The summed E-state index contributed by atoms with van der Waals surface area (Å²) in [5.41, 5.74) is -0.805. The van der Waals surface area contributed by atoms with Crippen molar-refractivity contribution < 1.29 is 32.6 Å². The second kappa shape index (κ2) is 7.03. The van der Waals surface area contributed by atoms with E-state index in [0.29, 0.717) is 0 Å². The predicted molar refractivity (Wildman–Crippen MR) is 79.0 cm³/mol. The number of aromatic carboxylic acids is 1. The standard InChI is InChI=1S/C16H12F3NO4/c17-16(18,19)10-5-7-11(8-6-10)24-9-14(21)20-13-4-2-1-3-12(13)15(22)23/h1-8H,9H2,(H,20,21)(H,22,23). The molecule has 0 atom stereocenters. The van der Waals surface area contributed by atoms with Gasteiger partial charge < -0.3 is 15.2 Å². The summed E-state index contributed by atoms with van der Waals surface area (Å²) in [4.78, 5) is 22.8. The molecule has 0 fully saturated rings. The number of carboxylic acids is 1. The highest BCUT2D eigenvalue weighted by atomic mass is 19.4. The van der Waals surface area contributed by atoms with Crippen LogP contribution in [0.4, 0.5) is 18.9 Å². The Labute approximate surface area is 134 Å². The maximum absolute atomic E-state index is 12.4. The number of nitrogens with one attached hydrogen (secondary N) is 1. The first-order valence-electron chi connectivity index (χ1n) is 6.69. The van der Waals surface area contributed by atoms with Gasteiger partial charge in [-0.15, -0.1) is 0 Å². The van der Waals surface area contributed by atoms with Crippen LogP contribution in [-0.4, -0.2) is 23.6 Å². The number of carbonyl (C=O) groups excluding carboxylic acids is 1. The minimum atomic E-state index is -4.45. The van der Waals surface area contributed by atoms with Crippen molar-refractivity contribution in [2.24, 2.45) is 0 Å². The molecule has 0 heterocycles. The van der Waals surface area contributed by atoms with Gasteiger partial charge in [-0.25, -0.2) is 4.79 Å². The van der Waals surface area contributed by atoms with E-state index >= 15 is 0 Å². The molecule has 2 N–H and O–H groups in total. The van der Waals surface area contributed by atoms with Crippen LogP contribution in [0.15, 0.2) is 48.5 Å². The predicted octanol–water partition coefficient (Wildman–Crippen LogP) is 3.42. The first-order valence-corrected chi connectivity index (χ1v) is 6.69. The quantitative estimate of drug-likeness (QED) is 0.875. The molecule has 0 saturated heterocycles. The van der Waals surface area contributed by atoms with Gasteiger partial charge in [-0.3, -0.25) is 4.79 Å². The van der Waals surface area contributed by atoms with Crippen LogP contribution in [0.3, 0.4) is 0 Å². The number of benzene rings is 2. The van der Waals surface area contributed by atoms with Crippen LogP contribution in [0.25, 0.3) is 0 Å². The van der Waals surface area contributed by atoms with E-state index in [9.17, 15) is 22.8 Å². The van der Waals surface area contributed by atoms with Crippen molar-refractivity contribution in [2.45, 2.75) is 6.18 Å². The Morgan fingerprint density at radius 2 is 1.67 bits per heavy atom. The van der Waals surface area contributed by atoms with E-state index in [1.165, 1.54) is 18.2 Å². The smallest absolute Gasteiger partial charge is 0.416 e. The number of hydrogen-bond donors (Lipinski definition) is 2. The number of alkyl halides is 3. The molecule has 0 spiro atoms.